The molecule has 1 aromatic rings. The molecular formula is C13H23Br2N3. The van der Waals surface area contributed by atoms with Crippen molar-refractivity contribution < 1.29 is 0 Å². The van der Waals surface area contributed by atoms with Gasteiger partial charge in [-0.2, -0.15) is 5.10 Å². The van der Waals surface area contributed by atoms with Crippen molar-refractivity contribution >= 4 is 31.9 Å². The van der Waals surface area contributed by atoms with E-state index in [2.05, 4.69) is 55.8 Å². The number of aromatic nitrogens is 2. The maximum absolute atomic E-state index is 4.53. The molecule has 0 saturated heterocycles. The van der Waals surface area contributed by atoms with Gasteiger partial charge in [0.25, 0.3) is 0 Å². The van der Waals surface area contributed by atoms with Crippen LogP contribution >= 0.6 is 31.9 Å². The van der Waals surface area contributed by atoms with Gasteiger partial charge in [-0.1, -0.05) is 29.3 Å². The lowest BCUT2D eigenvalue weighted by molar-refractivity contribution is 0.309. The lowest BCUT2D eigenvalue weighted by Gasteiger charge is -2.16. The van der Waals surface area contributed by atoms with Crippen molar-refractivity contribution in [2.24, 2.45) is 7.05 Å². The van der Waals surface area contributed by atoms with Crippen LogP contribution in [0.3, 0.4) is 0 Å². The van der Waals surface area contributed by atoms with Crippen LogP contribution in [-0.2, 0) is 20.0 Å². The number of unbranched alkanes of at least 4 members (excludes halogenated alkanes) is 2. The molecule has 0 saturated carbocycles. The number of halogens is 2. The van der Waals surface area contributed by atoms with Gasteiger partial charge in [0.05, 0.1) is 15.9 Å². The Morgan fingerprint density at radius 1 is 1.28 bits per heavy atom. The maximum atomic E-state index is 4.53. The van der Waals surface area contributed by atoms with Gasteiger partial charge in [-0.3, -0.25) is 4.68 Å². The van der Waals surface area contributed by atoms with Crippen LogP contribution in [0.4, 0.5) is 0 Å². The van der Waals surface area contributed by atoms with Crippen LogP contribution in [0.25, 0.3) is 0 Å². The van der Waals surface area contributed by atoms with Crippen molar-refractivity contribution in [3.8, 4) is 0 Å². The number of hydrogen-bond donors (Lipinski definition) is 0. The van der Waals surface area contributed by atoms with Crippen molar-refractivity contribution in [3.63, 3.8) is 0 Å². The minimum atomic E-state index is 0.957. The number of aryl methyl sites for hydroxylation is 2. The van der Waals surface area contributed by atoms with Crippen molar-refractivity contribution in [3.05, 3.63) is 15.9 Å². The molecular weight excluding hydrogens is 358 g/mol. The first-order chi connectivity index (χ1) is 8.60. The molecule has 0 N–H and O–H groups in total. The first-order valence-electron chi connectivity index (χ1n) is 6.54. The van der Waals surface area contributed by atoms with E-state index in [9.17, 15) is 0 Å². The number of rotatable bonds is 8. The summed E-state index contributed by atoms with van der Waals surface area (Å²) < 4.78 is 3.18. The minimum Gasteiger partial charge on any atom is -0.301 e. The van der Waals surface area contributed by atoms with Gasteiger partial charge in [-0.25, -0.2) is 0 Å². The van der Waals surface area contributed by atoms with Gasteiger partial charge < -0.3 is 4.90 Å². The Bertz CT molecular complexity index is 363. The van der Waals surface area contributed by atoms with Crippen LogP contribution < -0.4 is 0 Å². The Morgan fingerprint density at radius 3 is 2.56 bits per heavy atom. The number of alkyl halides is 1. The van der Waals surface area contributed by atoms with E-state index in [0.717, 1.165) is 30.5 Å². The highest BCUT2D eigenvalue weighted by atomic mass is 79.9. The van der Waals surface area contributed by atoms with Crippen LogP contribution in [0, 0.1) is 0 Å². The van der Waals surface area contributed by atoms with Crippen LogP contribution in [0.15, 0.2) is 4.47 Å². The van der Waals surface area contributed by atoms with E-state index in [4.69, 9.17) is 0 Å². The highest BCUT2D eigenvalue weighted by Crippen LogP contribution is 2.22. The summed E-state index contributed by atoms with van der Waals surface area (Å²) in [7, 11) is 4.21. The Hall–Kier alpha value is 0.130. The molecule has 0 aliphatic heterocycles. The molecule has 0 aliphatic rings. The average molecular weight is 381 g/mol. The fourth-order valence-corrected chi connectivity index (χ4v) is 3.12. The third kappa shape index (κ3) is 4.67. The Labute approximate surface area is 127 Å². The summed E-state index contributed by atoms with van der Waals surface area (Å²) >= 11 is 7.14. The van der Waals surface area contributed by atoms with Crippen molar-refractivity contribution in [2.75, 3.05) is 18.9 Å². The summed E-state index contributed by atoms with van der Waals surface area (Å²) in [5.74, 6) is 0. The summed E-state index contributed by atoms with van der Waals surface area (Å²) in [6, 6.07) is 0. The first kappa shape index (κ1) is 16.2. The Kier molecular flexibility index (Phi) is 7.49. The molecule has 5 heteroatoms. The van der Waals surface area contributed by atoms with Crippen molar-refractivity contribution in [2.45, 2.75) is 39.2 Å². The standard InChI is InChI=1S/C13H23Br2N3/c1-4-11-13(15)12(18(3)16-11)10-17(2)9-7-5-6-8-14/h4-10H2,1-3H3. The molecule has 1 heterocycles. The third-order valence-corrected chi connectivity index (χ3v) is 4.57. The van der Waals surface area contributed by atoms with Gasteiger partial charge in [-0.15, -0.1) is 0 Å². The van der Waals surface area contributed by atoms with Crippen LogP contribution in [0.1, 0.15) is 37.6 Å². The SMILES string of the molecule is CCc1nn(C)c(CN(C)CCCCCBr)c1Br. The monoisotopic (exact) mass is 379 g/mol. The van der Waals surface area contributed by atoms with E-state index >= 15 is 0 Å². The second-order valence-electron chi connectivity index (χ2n) is 4.67. The highest BCUT2D eigenvalue weighted by Gasteiger charge is 2.13. The Balaban J connectivity index is 2.48. The molecule has 0 unspecified atom stereocenters. The van der Waals surface area contributed by atoms with Crippen LogP contribution in [0.2, 0.25) is 0 Å². The largest absolute Gasteiger partial charge is 0.301 e. The smallest absolute Gasteiger partial charge is 0.0767 e. The zero-order valence-corrected chi connectivity index (χ0v) is 14.7. The predicted molar refractivity (Wildman–Crippen MR) is 84.3 cm³/mol. The summed E-state index contributed by atoms with van der Waals surface area (Å²) in [5.41, 5.74) is 2.43. The van der Waals surface area contributed by atoms with E-state index in [1.165, 1.54) is 29.4 Å². The molecule has 0 bridgehead atoms. The quantitative estimate of drug-likeness (QED) is 0.506. The fraction of sp³-hybridized carbons (Fsp3) is 0.769. The molecule has 1 rings (SSSR count). The van der Waals surface area contributed by atoms with Gasteiger partial charge in [-0.05, 0) is 48.8 Å². The first-order valence-corrected chi connectivity index (χ1v) is 8.46. The molecule has 3 nitrogen and oxygen atoms in total. The van der Waals surface area contributed by atoms with E-state index < -0.39 is 0 Å². The lowest BCUT2D eigenvalue weighted by atomic mass is 10.2. The molecule has 104 valence electrons. The molecule has 0 amide bonds. The Morgan fingerprint density at radius 2 is 2.00 bits per heavy atom. The molecule has 0 atom stereocenters. The molecule has 0 aromatic carbocycles. The second kappa shape index (κ2) is 8.33. The van der Waals surface area contributed by atoms with E-state index in [-0.39, 0.29) is 0 Å². The van der Waals surface area contributed by atoms with Gasteiger partial charge >= 0.3 is 0 Å². The van der Waals surface area contributed by atoms with Crippen LogP contribution in [-0.4, -0.2) is 33.6 Å². The summed E-state index contributed by atoms with van der Waals surface area (Å²) in [4.78, 5) is 2.37. The minimum absolute atomic E-state index is 0.957. The van der Waals surface area contributed by atoms with Gasteiger partial charge in [0, 0.05) is 18.9 Å². The molecule has 0 radical (unpaired) electrons. The average Bonchev–Trinajstić information content (AvgIpc) is 2.62. The summed E-state index contributed by atoms with van der Waals surface area (Å²) in [6.45, 7) is 4.24. The van der Waals surface area contributed by atoms with E-state index in [1.54, 1.807) is 0 Å². The number of hydrogen-bond acceptors (Lipinski definition) is 2. The van der Waals surface area contributed by atoms with Crippen molar-refractivity contribution in [1.29, 1.82) is 0 Å². The highest BCUT2D eigenvalue weighted by molar-refractivity contribution is 9.10. The predicted octanol–water partition coefficient (Wildman–Crippen LogP) is 3.74. The molecule has 1 aromatic heterocycles. The zero-order valence-electron chi connectivity index (χ0n) is 11.5. The maximum Gasteiger partial charge on any atom is 0.0767 e. The lowest BCUT2D eigenvalue weighted by Crippen LogP contribution is -2.21. The van der Waals surface area contributed by atoms with Crippen molar-refractivity contribution in [1.82, 2.24) is 14.7 Å². The van der Waals surface area contributed by atoms with Gasteiger partial charge in [0.1, 0.15) is 0 Å². The summed E-state index contributed by atoms with van der Waals surface area (Å²) in [5, 5.41) is 5.64. The zero-order chi connectivity index (χ0) is 13.5. The third-order valence-electron chi connectivity index (χ3n) is 3.10. The topological polar surface area (TPSA) is 21.1 Å². The fourth-order valence-electron chi connectivity index (χ4n) is 1.98. The number of nitrogens with zero attached hydrogens (tertiary/aromatic N) is 3. The molecule has 0 spiro atoms. The normalized spacial score (nSPS) is 11.4. The second-order valence-corrected chi connectivity index (χ2v) is 6.26. The van der Waals surface area contributed by atoms with Crippen LogP contribution in [0.5, 0.6) is 0 Å². The molecule has 0 fully saturated rings. The summed E-state index contributed by atoms with van der Waals surface area (Å²) in [6.07, 6.45) is 4.80. The molecule has 0 aliphatic carbocycles. The van der Waals surface area contributed by atoms with E-state index in [1.807, 2.05) is 11.7 Å². The molecule has 18 heavy (non-hydrogen) atoms. The van der Waals surface area contributed by atoms with E-state index in [0.29, 0.717) is 0 Å². The van der Waals surface area contributed by atoms with Gasteiger partial charge in [0.15, 0.2) is 0 Å². The van der Waals surface area contributed by atoms with Gasteiger partial charge in [0.2, 0.25) is 0 Å².